The van der Waals surface area contributed by atoms with Gasteiger partial charge in [0.25, 0.3) is 0 Å². The van der Waals surface area contributed by atoms with E-state index >= 15 is 0 Å². The van der Waals surface area contributed by atoms with Crippen LogP contribution >= 0.6 is 0 Å². The van der Waals surface area contributed by atoms with Crippen molar-refractivity contribution < 1.29 is 13.2 Å². The second-order valence-corrected chi connectivity index (χ2v) is 9.03. The highest BCUT2D eigenvalue weighted by molar-refractivity contribution is 7.91. The van der Waals surface area contributed by atoms with Crippen molar-refractivity contribution in [3.8, 4) is 5.69 Å². The van der Waals surface area contributed by atoms with Crippen LogP contribution in [0.4, 0.5) is 0 Å². The highest BCUT2D eigenvalue weighted by Crippen LogP contribution is 2.20. The van der Waals surface area contributed by atoms with Crippen LogP contribution in [-0.4, -0.2) is 53.1 Å². The van der Waals surface area contributed by atoms with Crippen LogP contribution in [0.1, 0.15) is 31.7 Å². The number of benzene rings is 1. The van der Waals surface area contributed by atoms with Crippen LogP contribution in [0, 0.1) is 0 Å². The Bertz CT molecular complexity index is 846. The number of carbonyl (C=O) groups excluding carboxylic acids is 1. The number of rotatable bonds is 7. The van der Waals surface area contributed by atoms with Gasteiger partial charge in [0.15, 0.2) is 9.84 Å². The number of aromatic nitrogens is 2. The molecule has 1 unspecified atom stereocenters. The van der Waals surface area contributed by atoms with Gasteiger partial charge in [0.1, 0.15) is 0 Å². The summed E-state index contributed by atoms with van der Waals surface area (Å²) in [5.74, 6) is 0.249. The number of nitrogens with zero attached hydrogens (tertiary/aromatic N) is 3. The van der Waals surface area contributed by atoms with E-state index in [9.17, 15) is 13.2 Å². The molecule has 1 aromatic carbocycles. The van der Waals surface area contributed by atoms with E-state index in [4.69, 9.17) is 0 Å². The van der Waals surface area contributed by atoms with Crippen LogP contribution in [0.3, 0.4) is 0 Å². The molecule has 2 aromatic rings. The van der Waals surface area contributed by atoms with E-state index in [1.807, 2.05) is 36.5 Å². The predicted octanol–water partition coefficient (Wildman–Crippen LogP) is 2.23. The molecule has 0 aliphatic carbocycles. The molecule has 1 aliphatic heterocycles. The fourth-order valence-electron chi connectivity index (χ4n) is 3.31. The molecule has 1 aromatic heterocycles. The Balaban J connectivity index is 1.70. The van der Waals surface area contributed by atoms with Crippen molar-refractivity contribution in [1.82, 2.24) is 14.7 Å². The third-order valence-electron chi connectivity index (χ3n) is 4.73. The topological polar surface area (TPSA) is 72.3 Å². The van der Waals surface area contributed by atoms with Crippen LogP contribution < -0.4 is 0 Å². The fraction of sp³-hybridized carbons (Fsp3) is 0.474. The molecule has 3 rings (SSSR count). The second-order valence-electron chi connectivity index (χ2n) is 6.80. The maximum Gasteiger partial charge on any atom is 0.227 e. The summed E-state index contributed by atoms with van der Waals surface area (Å²) in [6.07, 6.45) is 6.19. The Kier molecular flexibility index (Phi) is 5.76. The zero-order valence-corrected chi connectivity index (χ0v) is 15.9. The minimum Gasteiger partial charge on any atom is -0.338 e. The smallest absolute Gasteiger partial charge is 0.227 e. The van der Waals surface area contributed by atoms with E-state index < -0.39 is 9.84 Å². The zero-order chi connectivity index (χ0) is 18.6. The standard InChI is InChI=1S/C19H25N3O3S/c1-2-3-10-21(18-9-11-26(24,25)15-18)19(23)12-16-13-20-22(14-16)17-7-5-4-6-8-17/h4-8,13-14,18H,2-3,9-12,15H2,1H3. The minimum absolute atomic E-state index is 0.0202. The Morgan fingerprint density at radius 2 is 2.08 bits per heavy atom. The summed E-state index contributed by atoms with van der Waals surface area (Å²) in [6.45, 7) is 2.68. The van der Waals surface area contributed by atoms with Gasteiger partial charge in [-0.15, -0.1) is 0 Å². The summed E-state index contributed by atoms with van der Waals surface area (Å²) >= 11 is 0. The first-order chi connectivity index (χ1) is 12.5. The molecular weight excluding hydrogens is 350 g/mol. The zero-order valence-electron chi connectivity index (χ0n) is 15.0. The van der Waals surface area contributed by atoms with Crippen molar-refractivity contribution in [1.29, 1.82) is 0 Å². The van der Waals surface area contributed by atoms with Crippen LogP contribution in [0.25, 0.3) is 5.69 Å². The molecule has 7 heteroatoms. The lowest BCUT2D eigenvalue weighted by Gasteiger charge is -2.28. The average Bonchev–Trinajstić information content (AvgIpc) is 3.22. The van der Waals surface area contributed by atoms with Gasteiger partial charge in [0.2, 0.25) is 5.91 Å². The van der Waals surface area contributed by atoms with Gasteiger partial charge in [0.05, 0.1) is 29.8 Å². The maximum absolute atomic E-state index is 12.9. The lowest BCUT2D eigenvalue weighted by Crippen LogP contribution is -2.42. The molecule has 26 heavy (non-hydrogen) atoms. The molecule has 1 fully saturated rings. The molecule has 1 amide bonds. The largest absolute Gasteiger partial charge is 0.338 e. The predicted molar refractivity (Wildman–Crippen MR) is 101 cm³/mol. The van der Waals surface area contributed by atoms with Gasteiger partial charge in [-0.3, -0.25) is 4.79 Å². The van der Waals surface area contributed by atoms with Crippen molar-refractivity contribution in [2.45, 2.75) is 38.6 Å². The Hall–Kier alpha value is -2.15. The number of carbonyl (C=O) groups is 1. The number of amides is 1. The van der Waals surface area contributed by atoms with Gasteiger partial charge >= 0.3 is 0 Å². The molecule has 0 radical (unpaired) electrons. The van der Waals surface area contributed by atoms with Crippen molar-refractivity contribution in [2.75, 3.05) is 18.1 Å². The third-order valence-corrected chi connectivity index (χ3v) is 6.48. The number of para-hydroxylation sites is 1. The van der Waals surface area contributed by atoms with Crippen LogP contribution in [0.5, 0.6) is 0 Å². The molecule has 1 aliphatic rings. The van der Waals surface area contributed by atoms with Crippen molar-refractivity contribution in [3.05, 3.63) is 48.3 Å². The van der Waals surface area contributed by atoms with Crippen LogP contribution in [0.2, 0.25) is 0 Å². The van der Waals surface area contributed by atoms with Crippen molar-refractivity contribution >= 4 is 15.7 Å². The van der Waals surface area contributed by atoms with E-state index in [0.29, 0.717) is 13.0 Å². The van der Waals surface area contributed by atoms with E-state index in [-0.39, 0.29) is 29.9 Å². The average molecular weight is 375 g/mol. The van der Waals surface area contributed by atoms with Gasteiger partial charge in [-0.05, 0) is 30.5 Å². The van der Waals surface area contributed by atoms with E-state index in [1.54, 1.807) is 15.8 Å². The normalized spacial score (nSPS) is 18.7. The van der Waals surface area contributed by atoms with E-state index in [2.05, 4.69) is 12.0 Å². The third kappa shape index (κ3) is 4.52. The molecule has 6 nitrogen and oxygen atoms in total. The van der Waals surface area contributed by atoms with Crippen LogP contribution in [-0.2, 0) is 21.1 Å². The van der Waals surface area contributed by atoms with Crippen LogP contribution in [0.15, 0.2) is 42.7 Å². The molecule has 0 bridgehead atoms. The maximum atomic E-state index is 12.9. The van der Waals surface area contributed by atoms with Gasteiger partial charge in [-0.1, -0.05) is 31.5 Å². The molecule has 1 saturated heterocycles. The summed E-state index contributed by atoms with van der Waals surface area (Å²) in [5, 5.41) is 4.33. The van der Waals surface area contributed by atoms with E-state index in [1.165, 1.54) is 0 Å². The highest BCUT2D eigenvalue weighted by Gasteiger charge is 2.34. The first-order valence-corrected chi connectivity index (χ1v) is 10.9. The van der Waals surface area contributed by atoms with Gasteiger partial charge < -0.3 is 4.90 Å². The number of unbranched alkanes of at least 4 members (excludes halogenated alkanes) is 1. The SMILES string of the molecule is CCCCN(C(=O)Cc1cnn(-c2ccccc2)c1)C1CCS(=O)(=O)C1. The lowest BCUT2D eigenvalue weighted by molar-refractivity contribution is -0.132. The summed E-state index contributed by atoms with van der Waals surface area (Å²) in [6, 6.07) is 9.54. The number of hydrogen-bond donors (Lipinski definition) is 0. The Morgan fingerprint density at radius 1 is 1.31 bits per heavy atom. The number of sulfone groups is 1. The first-order valence-electron chi connectivity index (χ1n) is 9.07. The second kappa shape index (κ2) is 8.03. The Labute approximate surface area is 154 Å². The molecule has 0 N–H and O–H groups in total. The quantitative estimate of drug-likeness (QED) is 0.744. The molecule has 0 saturated carbocycles. The molecular formula is C19H25N3O3S. The molecule has 2 heterocycles. The van der Waals surface area contributed by atoms with Crippen molar-refractivity contribution in [3.63, 3.8) is 0 Å². The number of hydrogen-bond acceptors (Lipinski definition) is 4. The Morgan fingerprint density at radius 3 is 2.73 bits per heavy atom. The monoisotopic (exact) mass is 375 g/mol. The molecule has 140 valence electrons. The summed E-state index contributed by atoms with van der Waals surface area (Å²) in [7, 11) is -3.01. The summed E-state index contributed by atoms with van der Waals surface area (Å²) in [4.78, 5) is 14.6. The van der Waals surface area contributed by atoms with Gasteiger partial charge in [0, 0.05) is 18.8 Å². The lowest BCUT2D eigenvalue weighted by atomic mass is 10.1. The van der Waals surface area contributed by atoms with Crippen molar-refractivity contribution in [2.24, 2.45) is 0 Å². The summed E-state index contributed by atoms with van der Waals surface area (Å²) < 4.78 is 25.4. The fourth-order valence-corrected chi connectivity index (χ4v) is 5.04. The first kappa shape index (κ1) is 18.6. The van der Waals surface area contributed by atoms with Gasteiger partial charge in [-0.2, -0.15) is 5.10 Å². The molecule has 1 atom stereocenters. The summed E-state index contributed by atoms with van der Waals surface area (Å²) in [5.41, 5.74) is 1.78. The van der Waals surface area contributed by atoms with Gasteiger partial charge in [-0.25, -0.2) is 13.1 Å². The minimum atomic E-state index is -3.01. The highest BCUT2D eigenvalue weighted by atomic mass is 32.2. The van der Waals surface area contributed by atoms with E-state index in [0.717, 1.165) is 24.1 Å². The molecule has 0 spiro atoms.